The highest BCUT2D eigenvalue weighted by Gasteiger charge is 2.20. The highest BCUT2D eigenvalue weighted by molar-refractivity contribution is 5.43. The van der Waals surface area contributed by atoms with Crippen molar-refractivity contribution in [3.63, 3.8) is 0 Å². The summed E-state index contributed by atoms with van der Waals surface area (Å²) >= 11 is 0. The zero-order valence-electron chi connectivity index (χ0n) is 11.7. The largest absolute Gasteiger partial charge is 0.492 e. The monoisotopic (exact) mass is 264 g/mol. The summed E-state index contributed by atoms with van der Waals surface area (Å²) in [5, 5.41) is 0. The molecule has 0 heterocycles. The van der Waals surface area contributed by atoms with Crippen molar-refractivity contribution in [3.05, 3.63) is 24.3 Å². The van der Waals surface area contributed by atoms with Gasteiger partial charge < -0.3 is 20.1 Å². The summed E-state index contributed by atoms with van der Waals surface area (Å²) < 4.78 is 11.3. The zero-order valence-corrected chi connectivity index (χ0v) is 11.7. The molecular weight excluding hydrogens is 240 g/mol. The van der Waals surface area contributed by atoms with E-state index in [0.29, 0.717) is 6.61 Å². The van der Waals surface area contributed by atoms with Crippen molar-refractivity contribution in [1.82, 2.24) is 4.90 Å². The first-order chi connectivity index (χ1) is 9.24. The molecule has 4 nitrogen and oxygen atoms in total. The molecule has 1 aliphatic rings. The van der Waals surface area contributed by atoms with Gasteiger partial charge in [-0.05, 0) is 37.9 Å². The Morgan fingerprint density at radius 2 is 2.05 bits per heavy atom. The molecule has 2 rings (SSSR count). The predicted octanol–water partition coefficient (Wildman–Crippen LogP) is 2.01. The van der Waals surface area contributed by atoms with Gasteiger partial charge in [-0.3, -0.25) is 0 Å². The van der Waals surface area contributed by atoms with Crippen LogP contribution >= 0.6 is 0 Å². The molecule has 0 saturated heterocycles. The van der Waals surface area contributed by atoms with E-state index in [2.05, 4.69) is 11.9 Å². The average Bonchev–Trinajstić information content (AvgIpc) is 3.19. The van der Waals surface area contributed by atoms with Crippen LogP contribution in [0.4, 0.5) is 5.69 Å². The first kappa shape index (κ1) is 14.2. The van der Waals surface area contributed by atoms with E-state index in [9.17, 15) is 0 Å². The maximum absolute atomic E-state index is 5.69. The summed E-state index contributed by atoms with van der Waals surface area (Å²) in [6, 6.07) is 7.53. The van der Waals surface area contributed by atoms with E-state index in [1.165, 1.54) is 12.8 Å². The number of rotatable bonds is 9. The van der Waals surface area contributed by atoms with Gasteiger partial charge in [0, 0.05) is 31.5 Å². The van der Waals surface area contributed by atoms with Gasteiger partial charge in [-0.2, -0.15) is 0 Å². The summed E-state index contributed by atoms with van der Waals surface area (Å²) in [5.74, 6) is 1.68. The minimum absolute atomic E-state index is 0.669. The molecule has 0 atom stereocenters. The van der Waals surface area contributed by atoms with E-state index in [1.807, 2.05) is 24.3 Å². The SMILES string of the molecule is CN(CCOCC1CC1)CCOc1cccc(N)c1. The third kappa shape index (κ3) is 5.94. The van der Waals surface area contributed by atoms with Crippen LogP contribution in [-0.2, 0) is 4.74 Å². The summed E-state index contributed by atoms with van der Waals surface area (Å²) in [6.45, 7) is 4.26. The van der Waals surface area contributed by atoms with Crippen LogP contribution in [-0.4, -0.2) is 44.9 Å². The van der Waals surface area contributed by atoms with E-state index >= 15 is 0 Å². The highest BCUT2D eigenvalue weighted by atomic mass is 16.5. The molecule has 2 N–H and O–H groups in total. The first-order valence-electron chi connectivity index (χ1n) is 6.98. The van der Waals surface area contributed by atoms with Crippen molar-refractivity contribution >= 4 is 5.69 Å². The molecule has 0 bridgehead atoms. The summed E-state index contributed by atoms with van der Waals surface area (Å²) in [7, 11) is 2.09. The fourth-order valence-electron chi connectivity index (χ4n) is 1.79. The van der Waals surface area contributed by atoms with Crippen LogP contribution in [0.5, 0.6) is 5.75 Å². The van der Waals surface area contributed by atoms with Crippen LogP contribution < -0.4 is 10.5 Å². The molecule has 0 amide bonds. The van der Waals surface area contributed by atoms with E-state index in [0.717, 1.165) is 43.7 Å². The average molecular weight is 264 g/mol. The highest BCUT2D eigenvalue weighted by Crippen LogP contribution is 2.28. The van der Waals surface area contributed by atoms with Crippen LogP contribution in [0.2, 0.25) is 0 Å². The van der Waals surface area contributed by atoms with Crippen LogP contribution in [0.15, 0.2) is 24.3 Å². The fourth-order valence-corrected chi connectivity index (χ4v) is 1.79. The second-order valence-electron chi connectivity index (χ2n) is 5.24. The van der Waals surface area contributed by atoms with Crippen molar-refractivity contribution in [1.29, 1.82) is 0 Å². The molecule has 0 spiro atoms. The quantitative estimate of drug-likeness (QED) is 0.547. The van der Waals surface area contributed by atoms with Gasteiger partial charge in [0.05, 0.1) is 6.61 Å². The summed E-state index contributed by atoms with van der Waals surface area (Å²) in [5.41, 5.74) is 6.43. The van der Waals surface area contributed by atoms with Crippen molar-refractivity contribution in [2.24, 2.45) is 5.92 Å². The summed E-state index contributed by atoms with van der Waals surface area (Å²) in [4.78, 5) is 2.22. The van der Waals surface area contributed by atoms with Crippen molar-refractivity contribution in [3.8, 4) is 5.75 Å². The molecule has 1 saturated carbocycles. The second-order valence-corrected chi connectivity index (χ2v) is 5.24. The Labute approximate surface area is 115 Å². The predicted molar refractivity (Wildman–Crippen MR) is 77.4 cm³/mol. The van der Waals surface area contributed by atoms with Gasteiger partial charge >= 0.3 is 0 Å². The zero-order chi connectivity index (χ0) is 13.5. The molecule has 1 aromatic carbocycles. The number of hydrogen-bond donors (Lipinski definition) is 1. The summed E-state index contributed by atoms with van der Waals surface area (Å²) in [6.07, 6.45) is 2.70. The van der Waals surface area contributed by atoms with Crippen LogP contribution in [0.25, 0.3) is 0 Å². The lowest BCUT2D eigenvalue weighted by Gasteiger charge is -2.17. The Hall–Kier alpha value is -1.26. The van der Waals surface area contributed by atoms with Gasteiger partial charge in [-0.25, -0.2) is 0 Å². The first-order valence-corrected chi connectivity index (χ1v) is 6.98. The van der Waals surface area contributed by atoms with Crippen LogP contribution in [0.3, 0.4) is 0 Å². The molecule has 106 valence electrons. The molecule has 4 heteroatoms. The number of ether oxygens (including phenoxy) is 2. The van der Waals surface area contributed by atoms with Gasteiger partial charge in [0.1, 0.15) is 12.4 Å². The lowest BCUT2D eigenvalue weighted by Crippen LogP contribution is -2.28. The molecule has 0 unspecified atom stereocenters. The maximum atomic E-state index is 5.69. The lowest BCUT2D eigenvalue weighted by molar-refractivity contribution is 0.0992. The van der Waals surface area contributed by atoms with E-state index in [4.69, 9.17) is 15.2 Å². The van der Waals surface area contributed by atoms with E-state index in [-0.39, 0.29) is 0 Å². The van der Waals surface area contributed by atoms with Gasteiger partial charge in [0.2, 0.25) is 0 Å². The smallest absolute Gasteiger partial charge is 0.121 e. The molecule has 19 heavy (non-hydrogen) atoms. The van der Waals surface area contributed by atoms with Gasteiger partial charge in [-0.1, -0.05) is 6.07 Å². The number of nitrogens with zero attached hydrogens (tertiary/aromatic N) is 1. The number of hydrogen-bond acceptors (Lipinski definition) is 4. The number of likely N-dealkylation sites (N-methyl/N-ethyl adjacent to an activating group) is 1. The minimum atomic E-state index is 0.669. The topological polar surface area (TPSA) is 47.7 Å². The molecular formula is C15H24N2O2. The molecule has 1 fully saturated rings. The second kappa shape index (κ2) is 7.36. The number of anilines is 1. The fraction of sp³-hybridized carbons (Fsp3) is 0.600. The molecule has 1 aromatic rings. The number of nitrogens with two attached hydrogens (primary N) is 1. The van der Waals surface area contributed by atoms with Crippen LogP contribution in [0.1, 0.15) is 12.8 Å². The lowest BCUT2D eigenvalue weighted by atomic mass is 10.3. The Balaban J connectivity index is 1.51. The standard InChI is InChI=1S/C15H24N2O2/c1-17(7-9-18-12-13-5-6-13)8-10-19-15-4-2-3-14(16)11-15/h2-4,11,13H,5-10,12,16H2,1H3. The Morgan fingerprint density at radius 3 is 2.79 bits per heavy atom. The normalized spacial score (nSPS) is 14.8. The third-order valence-electron chi connectivity index (χ3n) is 3.27. The van der Waals surface area contributed by atoms with Crippen molar-refractivity contribution < 1.29 is 9.47 Å². The molecule has 1 aliphatic carbocycles. The van der Waals surface area contributed by atoms with E-state index < -0.39 is 0 Å². The number of benzene rings is 1. The molecule has 0 radical (unpaired) electrons. The van der Waals surface area contributed by atoms with Crippen LogP contribution in [0, 0.1) is 5.92 Å². The van der Waals surface area contributed by atoms with E-state index in [1.54, 1.807) is 0 Å². The van der Waals surface area contributed by atoms with Crippen molar-refractivity contribution in [2.45, 2.75) is 12.8 Å². The maximum Gasteiger partial charge on any atom is 0.121 e. The van der Waals surface area contributed by atoms with Gasteiger partial charge in [-0.15, -0.1) is 0 Å². The Bertz CT molecular complexity index is 380. The molecule has 0 aromatic heterocycles. The Kier molecular flexibility index (Phi) is 5.48. The molecule has 0 aliphatic heterocycles. The number of nitrogen functional groups attached to an aromatic ring is 1. The Morgan fingerprint density at radius 1 is 1.26 bits per heavy atom. The van der Waals surface area contributed by atoms with Gasteiger partial charge in [0.15, 0.2) is 0 Å². The third-order valence-corrected chi connectivity index (χ3v) is 3.27. The van der Waals surface area contributed by atoms with Gasteiger partial charge in [0.25, 0.3) is 0 Å². The minimum Gasteiger partial charge on any atom is -0.492 e. The van der Waals surface area contributed by atoms with Crippen molar-refractivity contribution in [2.75, 3.05) is 45.7 Å².